The zero-order valence-corrected chi connectivity index (χ0v) is 11.4. The van der Waals surface area contributed by atoms with Gasteiger partial charge in [0.1, 0.15) is 5.75 Å². The molecular formula is C15H20F2O2. The number of hydrogen-bond acceptors (Lipinski definition) is 2. The van der Waals surface area contributed by atoms with E-state index in [-0.39, 0.29) is 17.5 Å². The molecule has 2 nitrogen and oxygen atoms in total. The lowest BCUT2D eigenvalue weighted by Crippen LogP contribution is -2.15. The van der Waals surface area contributed by atoms with Crippen LogP contribution in [0.5, 0.6) is 5.75 Å². The topological polar surface area (TPSA) is 26.3 Å². The van der Waals surface area contributed by atoms with E-state index in [2.05, 4.69) is 4.74 Å². The molecular weight excluding hydrogens is 250 g/mol. The summed E-state index contributed by atoms with van der Waals surface area (Å²) in [5.74, 6) is 0.0211. The van der Waals surface area contributed by atoms with Crippen molar-refractivity contribution in [3.63, 3.8) is 0 Å². The normalized spacial score (nSPS) is 11.1. The number of alkyl halides is 2. The molecule has 0 bridgehead atoms. The van der Waals surface area contributed by atoms with Crippen molar-refractivity contribution in [2.24, 2.45) is 5.92 Å². The minimum absolute atomic E-state index is 0.0171. The van der Waals surface area contributed by atoms with Crippen LogP contribution in [0, 0.1) is 5.92 Å². The molecule has 1 aromatic rings. The zero-order chi connectivity index (χ0) is 14.3. The Kier molecular flexibility index (Phi) is 6.46. The second-order valence-electron chi connectivity index (χ2n) is 4.54. The maximum atomic E-state index is 12.3. The van der Waals surface area contributed by atoms with Crippen LogP contribution in [0.15, 0.2) is 24.3 Å². The van der Waals surface area contributed by atoms with Crippen molar-refractivity contribution in [3.05, 3.63) is 29.8 Å². The summed E-state index contributed by atoms with van der Waals surface area (Å²) in [6.07, 6.45) is 3.52. The summed E-state index contributed by atoms with van der Waals surface area (Å²) in [4.78, 5) is 12.3. The monoisotopic (exact) mass is 270 g/mol. The van der Waals surface area contributed by atoms with E-state index in [1.165, 1.54) is 12.1 Å². The maximum absolute atomic E-state index is 12.3. The standard InChI is InChI=1S/C15H20F2O2/c1-3-6-11(7-4-2)14(18)12-8-5-9-13(10-12)19-15(16)17/h5,8-11,15H,3-4,6-7H2,1-2H3. The molecule has 0 aliphatic carbocycles. The molecule has 0 amide bonds. The first-order valence-corrected chi connectivity index (χ1v) is 6.67. The maximum Gasteiger partial charge on any atom is 0.387 e. The number of ether oxygens (including phenoxy) is 1. The van der Waals surface area contributed by atoms with E-state index in [1.807, 2.05) is 13.8 Å². The average Bonchev–Trinajstić information content (AvgIpc) is 2.37. The highest BCUT2D eigenvalue weighted by Gasteiger charge is 2.19. The van der Waals surface area contributed by atoms with Gasteiger partial charge in [0, 0.05) is 11.5 Å². The predicted molar refractivity (Wildman–Crippen MR) is 70.7 cm³/mol. The van der Waals surface area contributed by atoms with Crippen molar-refractivity contribution in [2.75, 3.05) is 0 Å². The van der Waals surface area contributed by atoms with Crippen molar-refractivity contribution in [3.8, 4) is 5.75 Å². The van der Waals surface area contributed by atoms with Gasteiger partial charge in [0.2, 0.25) is 0 Å². The van der Waals surface area contributed by atoms with Crippen LogP contribution in [0.3, 0.4) is 0 Å². The molecule has 0 heterocycles. The number of halogens is 2. The molecule has 0 saturated heterocycles. The summed E-state index contributed by atoms with van der Waals surface area (Å²) in [5, 5.41) is 0. The molecule has 0 spiro atoms. The third-order valence-corrected chi connectivity index (χ3v) is 2.99. The highest BCUT2D eigenvalue weighted by Crippen LogP contribution is 2.23. The van der Waals surface area contributed by atoms with E-state index in [0.29, 0.717) is 5.56 Å². The van der Waals surface area contributed by atoms with Crippen molar-refractivity contribution in [1.82, 2.24) is 0 Å². The van der Waals surface area contributed by atoms with Crippen molar-refractivity contribution >= 4 is 5.78 Å². The third kappa shape index (κ3) is 4.97. The van der Waals surface area contributed by atoms with Crippen LogP contribution in [-0.2, 0) is 0 Å². The molecule has 0 aliphatic heterocycles. The smallest absolute Gasteiger partial charge is 0.387 e. The van der Waals surface area contributed by atoms with Gasteiger partial charge in [0.25, 0.3) is 0 Å². The molecule has 0 unspecified atom stereocenters. The van der Waals surface area contributed by atoms with E-state index in [4.69, 9.17) is 0 Å². The summed E-state index contributed by atoms with van der Waals surface area (Å²) in [5.41, 5.74) is 0.449. The fourth-order valence-electron chi connectivity index (χ4n) is 2.16. The average molecular weight is 270 g/mol. The van der Waals surface area contributed by atoms with Crippen LogP contribution < -0.4 is 4.74 Å². The Labute approximate surface area is 112 Å². The first kappa shape index (κ1) is 15.6. The molecule has 0 N–H and O–H groups in total. The van der Waals surface area contributed by atoms with Gasteiger partial charge in [0.15, 0.2) is 5.78 Å². The van der Waals surface area contributed by atoms with Crippen LogP contribution in [0.4, 0.5) is 8.78 Å². The number of ketones is 1. The highest BCUT2D eigenvalue weighted by atomic mass is 19.3. The largest absolute Gasteiger partial charge is 0.435 e. The van der Waals surface area contributed by atoms with E-state index < -0.39 is 6.61 Å². The number of carbonyl (C=O) groups is 1. The Morgan fingerprint density at radius 2 is 1.84 bits per heavy atom. The molecule has 106 valence electrons. The summed E-state index contributed by atoms with van der Waals surface area (Å²) in [6.45, 7) is 1.20. The number of Topliss-reactive ketones (excluding diaryl/α,β-unsaturated/α-hetero) is 1. The second-order valence-corrected chi connectivity index (χ2v) is 4.54. The van der Waals surface area contributed by atoms with Gasteiger partial charge in [-0.2, -0.15) is 8.78 Å². The molecule has 1 rings (SSSR count). The highest BCUT2D eigenvalue weighted by molar-refractivity contribution is 5.98. The van der Waals surface area contributed by atoms with Crippen molar-refractivity contribution in [2.45, 2.75) is 46.1 Å². The minimum atomic E-state index is -2.87. The molecule has 4 heteroatoms. The molecule has 0 atom stereocenters. The lowest BCUT2D eigenvalue weighted by atomic mass is 9.90. The van der Waals surface area contributed by atoms with Crippen LogP contribution in [0.1, 0.15) is 49.9 Å². The zero-order valence-electron chi connectivity index (χ0n) is 11.4. The first-order valence-electron chi connectivity index (χ1n) is 6.67. The summed E-state index contributed by atoms with van der Waals surface area (Å²) < 4.78 is 28.6. The van der Waals surface area contributed by atoms with E-state index in [0.717, 1.165) is 25.7 Å². The minimum Gasteiger partial charge on any atom is -0.435 e. The van der Waals surface area contributed by atoms with Crippen molar-refractivity contribution < 1.29 is 18.3 Å². The number of carbonyl (C=O) groups excluding carboxylic acids is 1. The van der Waals surface area contributed by atoms with E-state index in [9.17, 15) is 13.6 Å². The molecule has 0 aromatic heterocycles. The molecule has 1 aromatic carbocycles. The number of hydrogen-bond donors (Lipinski definition) is 0. The molecule has 0 fully saturated rings. The molecule has 0 aliphatic rings. The van der Waals surface area contributed by atoms with Gasteiger partial charge in [-0.3, -0.25) is 4.79 Å². The van der Waals surface area contributed by atoms with Crippen LogP contribution in [0.25, 0.3) is 0 Å². The molecule has 0 saturated carbocycles. The first-order chi connectivity index (χ1) is 9.08. The summed E-state index contributed by atoms with van der Waals surface area (Å²) >= 11 is 0. The van der Waals surface area contributed by atoms with Gasteiger partial charge in [-0.05, 0) is 25.0 Å². The van der Waals surface area contributed by atoms with E-state index in [1.54, 1.807) is 12.1 Å². The van der Waals surface area contributed by atoms with Crippen molar-refractivity contribution in [1.29, 1.82) is 0 Å². The fourth-order valence-corrected chi connectivity index (χ4v) is 2.16. The lowest BCUT2D eigenvalue weighted by Gasteiger charge is -2.14. The Morgan fingerprint density at radius 1 is 1.21 bits per heavy atom. The Bertz CT molecular complexity index is 399. The fraction of sp³-hybridized carbons (Fsp3) is 0.533. The lowest BCUT2D eigenvalue weighted by molar-refractivity contribution is -0.0498. The SMILES string of the molecule is CCCC(CCC)C(=O)c1cccc(OC(F)F)c1. The Hall–Kier alpha value is -1.45. The van der Waals surface area contributed by atoms with Gasteiger partial charge in [-0.25, -0.2) is 0 Å². The van der Waals surface area contributed by atoms with Crippen LogP contribution >= 0.6 is 0 Å². The van der Waals surface area contributed by atoms with Gasteiger partial charge in [-0.15, -0.1) is 0 Å². The summed E-state index contributed by atoms with van der Waals surface area (Å²) in [7, 11) is 0. The number of benzene rings is 1. The van der Waals surface area contributed by atoms with Gasteiger partial charge in [0.05, 0.1) is 0 Å². The Morgan fingerprint density at radius 3 is 2.37 bits per heavy atom. The predicted octanol–water partition coefficient (Wildman–Crippen LogP) is 4.69. The van der Waals surface area contributed by atoms with Crippen LogP contribution in [0.2, 0.25) is 0 Å². The van der Waals surface area contributed by atoms with Crippen LogP contribution in [-0.4, -0.2) is 12.4 Å². The van der Waals surface area contributed by atoms with Gasteiger partial charge in [-0.1, -0.05) is 38.8 Å². The summed E-state index contributed by atoms with van der Waals surface area (Å²) in [6, 6.07) is 6.04. The molecule has 0 radical (unpaired) electrons. The third-order valence-electron chi connectivity index (χ3n) is 2.99. The van der Waals surface area contributed by atoms with Gasteiger partial charge >= 0.3 is 6.61 Å². The number of rotatable bonds is 8. The quantitative estimate of drug-likeness (QED) is 0.641. The second kappa shape index (κ2) is 7.87. The van der Waals surface area contributed by atoms with Gasteiger partial charge < -0.3 is 4.74 Å². The van der Waals surface area contributed by atoms with E-state index >= 15 is 0 Å². The Balaban J connectivity index is 2.84. The molecule has 19 heavy (non-hydrogen) atoms.